The van der Waals surface area contributed by atoms with E-state index >= 15 is 0 Å². The molecule has 0 amide bonds. The molecule has 18 heavy (non-hydrogen) atoms. The summed E-state index contributed by atoms with van der Waals surface area (Å²) < 4.78 is 45.2. The van der Waals surface area contributed by atoms with Crippen molar-refractivity contribution < 1.29 is 32.5 Å². The van der Waals surface area contributed by atoms with Gasteiger partial charge in [-0.05, 0) is 19.1 Å². The SMILES string of the molecule is C[C@H](CC(=O)O)Oc1ccccc1OC(F)(F)F. The molecular formula is C11H11F3O4. The molecule has 0 bridgehead atoms. The number of halogens is 3. The average molecular weight is 264 g/mol. The lowest BCUT2D eigenvalue weighted by atomic mass is 10.2. The van der Waals surface area contributed by atoms with Crippen LogP contribution in [0, 0.1) is 0 Å². The highest BCUT2D eigenvalue weighted by Crippen LogP contribution is 2.32. The summed E-state index contributed by atoms with van der Waals surface area (Å²) in [5.74, 6) is -1.75. The molecule has 0 unspecified atom stereocenters. The predicted molar refractivity (Wildman–Crippen MR) is 55.5 cm³/mol. The van der Waals surface area contributed by atoms with Crippen LogP contribution in [0.5, 0.6) is 11.5 Å². The molecule has 0 saturated carbocycles. The van der Waals surface area contributed by atoms with Crippen LogP contribution < -0.4 is 9.47 Å². The smallest absolute Gasteiger partial charge is 0.486 e. The molecule has 1 rings (SSSR count). The summed E-state index contributed by atoms with van der Waals surface area (Å²) >= 11 is 0. The molecule has 0 saturated heterocycles. The van der Waals surface area contributed by atoms with E-state index in [4.69, 9.17) is 9.84 Å². The minimum absolute atomic E-state index is 0.149. The topological polar surface area (TPSA) is 55.8 Å². The summed E-state index contributed by atoms with van der Waals surface area (Å²) in [5, 5.41) is 8.53. The maximum absolute atomic E-state index is 12.1. The van der Waals surface area contributed by atoms with E-state index in [0.29, 0.717) is 0 Å². The zero-order valence-corrected chi connectivity index (χ0v) is 9.40. The summed E-state index contributed by atoms with van der Waals surface area (Å²) in [7, 11) is 0. The number of para-hydroxylation sites is 2. The van der Waals surface area contributed by atoms with Crippen LogP contribution in [0.1, 0.15) is 13.3 Å². The van der Waals surface area contributed by atoms with Crippen molar-refractivity contribution in [3.8, 4) is 11.5 Å². The fourth-order valence-electron chi connectivity index (χ4n) is 1.26. The number of alkyl halides is 3. The van der Waals surface area contributed by atoms with Crippen molar-refractivity contribution in [1.82, 2.24) is 0 Å². The van der Waals surface area contributed by atoms with Gasteiger partial charge in [0.2, 0.25) is 0 Å². The molecular weight excluding hydrogens is 253 g/mol. The third kappa shape index (κ3) is 4.94. The lowest BCUT2D eigenvalue weighted by Gasteiger charge is -2.17. The highest BCUT2D eigenvalue weighted by atomic mass is 19.4. The zero-order valence-electron chi connectivity index (χ0n) is 9.40. The number of carbonyl (C=O) groups is 1. The third-order valence-corrected chi connectivity index (χ3v) is 1.87. The van der Waals surface area contributed by atoms with Gasteiger partial charge < -0.3 is 14.6 Å². The zero-order chi connectivity index (χ0) is 13.8. The van der Waals surface area contributed by atoms with E-state index < -0.39 is 24.2 Å². The van der Waals surface area contributed by atoms with Gasteiger partial charge in [-0.1, -0.05) is 12.1 Å². The first-order valence-corrected chi connectivity index (χ1v) is 5.01. The Bertz CT molecular complexity index is 417. The minimum atomic E-state index is -4.82. The normalized spacial score (nSPS) is 12.9. The number of hydrogen-bond acceptors (Lipinski definition) is 3. The van der Waals surface area contributed by atoms with Crippen molar-refractivity contribution >= 4 is 5.97 Å². The number of carboxylic acids is 1. The van der Waals surface area contributed by atoms with E-state index in [1.165, 1.54) is 25.1 Å². The molecule has 1 aromatic carbocycles. The van der Waals surface area contributed by atoms with Gasteiger partial charge in [0, 0.05) is 0 Å². The molecule has 1 atom stereocenters. The van der Waals surface area contributed by atoms with E-state index in [1.807, 2.05) is 0 Å². The molecule has 0 heterocycles. The van der Waals surface area contributed by atoms with Gasteiger partial charge in [0.25, 0.3) is 0 Å². The molecule has 0 aliphatic carbocycles. The first kappa shape index (κ1) is 14.1. The first-order chi connectivity index (χ1) is 8.28. The Morgan fingerprint density at radius 1 is 1.33 bits per heavy atom. The molecule has 7 heteroatoms. The van der Waals surface area contributed by atoms with Crippen molar-refractivity contribution in [2.75, 3.05) is 0 Å². The Balaban J connectivity index is 2.79. The van der Waals surface area contributed by atoms with Crippen LogP contribution in [-0.2, 0) is 4.79 Å². The molecule has 0 aromatic heterocycles. The standard InChI is InChI=1S/C11H11F3O4/c1-7(6-10(15)16)17-8-4-2-3-5-9(8)18-11(12,13)14/h2-5,7H,6H2,1H3,(H,15,16)/t7-/m1/s1. The Kier molecular flexibility index (Phi) is 4.41. The maximum atomic E-state index is 12.1. The van der Waals surface area contributed by atoms with Gasteiger partial charge in [0.1, 0.15) is 6.10 Å². The quantitative estimate of drug-likeness (QED) is 0.888. The average Bonchev–Trinajstić information content (AvgIpc) is 2.17. The van der Waals surface area contributed by atoms with Crippen LogP contribution in [0.3, 0.4) is 0 Å². The van der Waals surface area contributed by atoms with Crippen molar-refractivity contribution in [2.24, 2.45) is 0 Å². The monoisotopic (exact) mass is 264 g/mol. The molecule has 0 spiro atoms. The number of aliphatic carboxylic acids is 1. The fourth-order valence-corrected chi connectivity index (χ4v) is 1.26. The summed E-state index contributed by atoms with van der Waals surface area (Å²) in [6.07, 6.45) is -5.91. The lowest BCUT2D eigenvalue weighted by Crippen LogP contribution is -2.20. The number of rotatable bonds is 5. The van der Waals surface area contributed by atoms with Crippen molar-refractivity contribution in [3.63, 3.8) is 0 Å². The van der Waals surface area contributed by atoms with Gasteiger partial charge in [-0.2, -0.15) is 0 Å². The summed E-state index contributed by atoms with van der Waals surface area (Å²) in [4.78, 5) is 10.4. The van der Waals surface area contributed by atoms with E-state index in [2.05, 4.69) is 4.74 Å². The molecule has 1 aromatic rings. The van der Waals surface area contributed by atoms with Crippen molar-refractivity contribution in [2.45, 2.75) is 25.8 Å². The minimum Gasteiger partial charge on any atom is -0.486 e. The largest absolute Gasteiger partial charge is 0.573 e. The van der Waals surface area contributed by atoms with Gasteiger partial charge in [0.15, 0.2) is 11.5 Å². The van der Waals surface area contributed by atoms with Crippen LogP contribution >= 0.6 is 0 Å². The van der Waals surface area contributed by atoms with Gasteiger partial charge in [-0.3, -0.25) is 4.79 Å². The molecule has 0 aliphatic heterocycles. The van der Waals surface area contributed by atoms with Crippen LogP contribution in [0.4, 0.5) is 13.2 Å². The van der Waals surface area contributed by atoms with Crippen molar-refractivity contribution in [1.29, 1.82) is 0 Å². The first-order valence-electron chi connectivity index (χ1n) is 5.01. The Morgan fingerprint density at radius 2 is 1.89 bits per heavy atom. The molecule has 0 radical (unpaired) electrons. The molecule has 100 valence electrons. The third-order valence-electron chi connectivity index (χ3n) is 1.87. The second-order valence-electron chi connectivity index (χ2n) is 3.52. The second-order valence-corrected chi connectivity index (χ2v) is 3.52. The molecule has 4 nitrogen and oxygen atoms in total. The van der Waals surface area contributed by atoms with Gasteiger partial charge in [0.05, 0.1) is 6.42 Å². The van der Waals surface area contributed by atoms with Crippen molar-refractivity contribution in [3.05, 3.63) is 24.3 Å². The van der Waals surface area contributed by atoms with Crippen LogP contribution in [0.2, 0.25) is 0 Å². The van der Waals surface area contributed by atoms with Gasteiger partial charge in [-0.25, -0.2) is 0 Å². The lowest BCUT2D eigenvalue weighted by molar-refractivity contribution is -0.275. The Hall–Kier alpha value is -1.92. The van der Waals surface area contributed by atoms with Gasteiger partial charge in [-0.15, -0.1) is 13.2 Å². The highest BCUT2D eigenvalue weighted by Gasteiger charge is 2.32. The maximum Gasteiger partial charge on any atom is 0.573 e. The number of benzene rings is 1. The summed E-state index contributed by atoms with van der Waals surface area (Å²) in [5.41, 5.74) is 0. The molecule has 0 aliphatic rings. The van der Waals surface area contributed by atoms with Crippen LogP contribution in [-0.4, -0.2) is 23.5 Å². The van der Waals surface area contributed by atoms with Crippen LogP contribution in [0.25, 0.3) is 0 Å². The number of hydrogen-bond donors (Lipinski definition) is 1. The van der Waals surface area contributed by atoms with E-state index in [0.717, 1.165) is 6.07 Å². The predicted octanol–water partition coefficient (Wildman–Crippen LogP) is 2.83. The molecule has 1 N–H and O–H groups in total. The number of ether oxygens (including phenoxy) is 2. The number of carboxylic acid groups (broad SMARTS) is 1. The second kappa shape index (κ2) is 5.61. The van der Waals surface area contributed by atoms with E-state index in [-0.39, 0.29) is 12.2 Å². The van der Waals surface area contributed by atoms with Crippen LogP contribution in [0.15, 0.2) is 24.3 Å². The summed E-state index contributed by atoms with van der Waals surface area (Å²) in [6.45, 7) is 1.44. The Labute approximate surface area is 101 Å². The van der Waals surface area contributed by atoms with E-state index in [1.54, 1.807) is 0 Å². The highest BCUT2D eigenvalue weighted by molar-refractivity contribution is 5.67. The fraction of sp³-hybridized carbons (Fsp3) is 0.364. The van der Waals surface area contributed by atoms with Gasteiger partial charge >= 0.3 is 12.3 Å². The summed E-state index contributed by atoms with van der Waals surface area (Å²) in [6, 6.07) is 5.19. The van der Waals surface area contributed by atoms with E-state index in [9.17, 15) is 18.0 Å². The molecule has 0 fully saturated rings. The Morgan fingerprint density at radius 3 is 2.39 bits per heavy atom.